The van der Waals surface area contributed by atoms with Crippen molar-refractivity contribution in [2.24, 2.45) is 5.73 Å². The van der Waals surface area contributed by atoms with Crippen molar-refractivity contribution < 1.29 is 4.79 Å². The Balaban J connectivity index is 0.00000289. The molecule has 0 atom stereocenters. The van der Waals surface area contributed by atoms with Crippen molar-refractivity contribution in [1.82, 2.24) is 5.32 Å². The molecule has 3 nitrogen and oxygen atoms in total. The zero-order valence-corrected chi connectivity index (χ0v) is 12.1. The summed E-state index contributed by atoms with van der Waals surface area (Å²) < 4.78 is 0. The maximum atomic E-state index is 12.0. The molecule has 0 fully saturated rings. The van der Waals surface area contributed by atoms with Crippen LogP contribution in [0, 0.1) is 0 Å². The molecule has 0 aliphatic rings. The minimum absolute atomic E-state index is 0. The molecule has 1 rings (SSSR count). The smallest absolute Gasteiger partial charge is 0.251 e. The van der Waals surface area contributed by atoms with Crippen LogP contribution in [0.2, 0.25) is 0 Å². The SMILES string of the molecule is CCC(C)(CC)NC(=O)c1ccc(CN)cc1.Cl. The van der Waals surface area contributed by atoms with E-state index in [-0.39, 0.29) is 23.9 Å². The Labute approximate surface area is 116 Å². The fourth-order valence-corrected chi connectivity index (χ4v) is 1.57. The quantitative estimate of drug-likeness (QED) is 0.864. The van der Waals surface area contributed by atoms with E-state index < -0.39 is 0 Å². The van der Waals surface area contributed by atoms with Crippen molar-refractivity contribution in [3.8, 4) is 0 Å². The molecule has 0 aliphatic heterocycles. The number of hydrogen-bond donors (Lipinski definition) is 2. The highest BCUT2D eigenvalue weighted by atomic mass is 35.5. The average Bonchev–Trinajstić information content (AvgIpc) is 2.38. The molecular formula is C14H23ClN2O. The number of carbonyl (C=O) groups is 1. The van der Waals surface area contributed by atoms with Crippen LogP contribution in [-0.4, -0.2) is 11.4 Å². The Morgan fingerprint density at radius 1 is 1.22 bits per heavy atom. The molecule has 0 bridgehead atoms. The van der Waals surface area contributed by atoms with E-state index in [9.17, 15) is 4.79 Å². The maximum Gasteiger partial charge on any atom is 0.251 e. The predicted octanol–water partition coefficient (Wildman–Crippen LogP) is 2.88. The highest BCUT2D eigenvalue weighted by Gasteiger charge is 2.22. The van der Waals surface area contributed by atoms with E-state index in [4.69, 9.17) is 5.73 Å². The number of carbonyl (C=O) groups excluding carboxylic acids is 1. The molecule has 0 heterocycles. The van der Waals surface area contributed by atoms with Gasteiger partial charge in [0.15, 0.2) is 0 Å². The first-order chi connectivity index (χ1) is 8.04. The molecule has 0 saturated heterocycles. The summed E-state index contributed by atoms with van der Waals surface area (Å²) in [5, 5.41) is 3.08. The third-order valence-electron chi connectivity index (χ3n) is 3.43. The second kappa shape index (κ2) is 7.39. The third-order valence-corrected chi connectivity index (χ3v) is 3.43. The summed E-state index contributed by atoms with van der Waals surface area (Å²) in [6.45, 7) is 6.74. The fourth-order valence-electron chi connectivity index (χ4n) is 1.57. The first-order valence-electron chi connectivity index (χ1n) is 6.16. The molecule has 0 aliphatic carbocycles. The Morgan fingerprint density at radius 3 is 2.11 bits per heavy atom. The molecule has 1 aromatic rings. The van der Waals surface area contributed by atoms with E-state index in [0.717, 1.165) is 18.4 Å². The summed E-state index contributed by atoms with van der Waals surface area (Å²) in [6, 6.07) is 7.43. The van der Waals surface area contributed by atoms with Gasteiger partial charge in [-0.15, -0.1) is 12.4 Å². The number of halogens is 1. The molecule has 1 amide bonds. The van der Waals surface area contributed by atoms with Crippen molar-refractivity contribution in [2.75, 3.05) is 0 Å². The molecule has 0 aromatic heterocycles. The summed E-state index contributed by atoms with van der Waals surface area (Å²) in [5.41, 5.74) is 7.13. The van der Waals surface area contributed by atoms with E-state index in [0.29, 0.717) is 12.1 Å². The number of benzene rings is 1. The zero-order chi connectivity index (χ0) is 12.9. The molecule has 0 saturated carbocycles. The van der Waals surface area contributed by atoms with Crippen LogP contribution in [0.4, 0.5) is 0 Å². The van der Waals surface area contributed by atoms with Gasteiger partial charge in [0.2, 0.25) is 0 Å². The second-order valence-electron chi connectivity index (χ2n) is 4.62. The van der Waals surface area contributed by atoms with Gasteiger partial charge in [-0.2, -0.15) is 0 Å². The lowest BCUT2D eigenvalue weighted by Crippen LogP contribution is -2.44. The van der Waals surface area contributed by atoms with Crippen LogP contribution in [0.1, 0.15) is 49.5 Å². The first kappa shape index (κ1) is 16.9. The van der Waals surface area contributed by atoms with E-state index in [1.165, 1.54) is 0 Å². The summed E-state index contributed by atoms with van der Waals surface area (Å²) in [6.07, 6.45) is 1.85. The lowest BCUT2D eigenvalue weighted by molar-refractivity contribution is 0.0901. The predicted molar refractivity (Wildman–Crippen MR) is 78.0 cm³/mol. The molecule has 4 heteroatoms. The Hall–Kier alpha value is -1.06. The second-order valence-corrected chi connectivity index (χ2v) is 4.62. The van der Waals surface area contributed by atoms with Crippen LogP contribution >= 0.6 is 12.4 Å². The van der Waals surface area contributed by atoms with Crippen LogP contribution in [0.5, 0.6) is 0 Å². The summed E-state index contributed by atoms with van der Waals surface area (Å²) in [7, 11) is 0. The number of amides is 1. The number of hydrogen-bond acceptors (Lipinski definition) is 2. The van der Waals surface area contributed by atoms with Crippen LogP contribution in [0.15, 0.2) is 24.3 Å². The zero-order valence-electron chi connectivity index (χ0n) is 11.3. The van der Waals surface area contributed by atoms with Gasteiger partial charge in [0, 0.05) is 17.6 Å². The molecule has 1 aromatic carbocycles. The van der Waals surface area contributed by atoms with Gasteiger partial charge in [-0.25, -0.2) is 0 Å². The van der Waals surface area contributed by atoms with Crippen molar-refractivity contribution in [3.63, 3.8) is 0 Å². The van der Waals surface area contributed by atoms with Gasteiger partial charge < -0.3 is 11.1 Å². The third kappa shape index (κ3) is 4.31. The van der Waals surface area contributed by atoms with Crippen molar-refractivity contribution in [2.45, 2.75) is 45.7 Å². The number of nitrogens with one attached hydrogen (secondary N) is 1. The van der Waals surface area contributed by atoms with Gasteiger partial charge >= 0.3 is 0 Å². The normalized spacial score (nSPS) is 10.7. The van der Waals surface area contributed by atoms with E-state index in [1.54, 1.807) is 0 Å². The van der Waals surface area contributed by atoms with Gasteiger partial charge in [0.1, 0.15) is 0 Å². The van der Waals surface area contributed by atoms with Gasteiger partial charge in [-0.3, -0.25) is 4.79 Å². The summed E-state index contributed by atoms with van der Waals surface area (Å²) >= 11 is 0. The molecule has 0 radical (unpaired) electrons. The lowest BCUT2D eigenvalue weighted by atomic mass is 9.95. The molecular weight excluding hydrogens is 248 g/mol. The van der Waals surface area contributed by atoms with Gasteiger partial charge in [-0.05, 0) is 37.5 Å². The standard InChI is InChI=1S/C14H22N2O.ClH/c1-4-14(3,5-2)16-13(17)12-8-6-11(10-15)7-9-12;/h6-9H,4-5,10,15H2,1-3H3,(H,16,17);1H. The molecule has 102 valence electrons. The largest absolute Gasteiger partial charge is 0.347 e. The lowest BCUT2D eigenvalue weighted by Gasteiger charge is -2.28. The van der Waals surface area contributed by atoms with Crippen LogP contribution in [0.3, 0.4) is 0 Å². The molecule has 3 N–H and O–H groups in total. The van der Waals surface area contributed by atoms with Crippen molar-refractivity contribution in [3.05, 3.63) is 35.4 Å². The monoisotopic (exact) mass is 270 g/mol. The van der Waals surface area contributed by atoms with Crippen LogP contribution in [-0.2, 0) is 6.54 Å². The molecule has 0 unspecified atom stereocenters. The highest BCUT2D eigenvalue weighted by Crippen LogP contribution is 2.15. The average molecular weight is 271 g/mol. The summed E-state index contributed by atoms with van der Waals surface area (Å²) in [5.74, 6) is -0.0141. The van der Waals surface area contributed by atoms with Crippen LogP contribution < -0.4 is 11.1 Å². The van der Waals surface area contributed by atoms with E-state index in [2.05, 4.69) is 26.1 Å². The van der Waals surface area contributed by atoms with Gasteiger partial charge in [0.05, 0.1) is 0 Å². The number of rotatable bonds is 5. The fraction of sp³-hybridized carbons (Fsp3) is 0.500. The Bertz CT molecular complexity index is 372. The molecule has 0 spiro atoms. The van der Waals surface area contributed by atoms with Crippen molar-refractivity contribution in [1.29, 1.82) is 0 Å². The van der Waals surface area contributed by atoms with Gasteiger partial charge in [0.25, 0.3) is 5.91 Å². The number of nitrogens with two attached hydrogens (primary N) is 1. The first-order valence-corrected chi connectivity index (χ1v) is 6.16. The summed E-state index contributed by atoms with van der Waals surface area (Å²) in [4.78, 5) is 12.0. The van der Waals surface area contributed by atoms with Crippen LogP contribution in [0.25, 0.3) is 0 Å². The maximum absolute atomic E-state index is 12.0. The van der Waals surface area contributed by atoms with Crippen molar-refractivity contribution >= 4 is 18.3 Å². The Morgan fingerprint density at radius 2 is 1.72 bits per heavy atom. The van der Waals surface area contributed by atoms with Gasteiger partial charge in [-0.1, -0.05) is 26.0 Å². The minimum atomic E-state index is -0.121. The topological polar surface area (TPSA) is 55.1 Å². The van der Waals surface area contributed by atoms with E-state index in [1.807, 2.05) is 24.3 Å². The van der Waals surface area contributed by atoms with E-state index >= 15 is 0 Å². The Kier molecular flexibility index (Phi) is 6.96. The highest BCUT2D eigenvalue weighted by molar-refractivity contribution is 5.94. The minimum Gasteiger partial charge on any atom is -0.347 e. The molecule has 18 heavy (non-hydrogen) atoms.